The van der Waals surface area contributed by atoms with E-state index < -0.39 is 4.92 Å². The van der Waals surface area contributed by atoms with Gasteiger partial charge < -0.3 is 10.6 Å². The van der Waals surface area contributed by atoms with Gasteiger partial charge in [-0.3, -0.25) is 10.1 Å². The van der Waals surface area contributed by atoms with E-state index in [0.717, 1.165) is 25.9 Å². The monoisotopic (exact) mass is 247 g/mol. The second-order valence-electron chi connectivity index (χ2n) is 4.13. The second-order valence-corrected chi connectivity index (χ2v) is 4.13. The summed E-state index contributed by atoms with van der Waals surface area (Å²) in [7, 11) is 0. The van der Waals surface area contributed by atoms with Gasteiger partial charge in [0.15, 0.2) is 0 Å². The van der Waals surface area contributed by atoms with Crippen LogP contribution >= 0.6 is 0 Å². The first kappa shape index (κ1) is 12.3. The van der Waals surface area contributed by atoms with E-state index >= 15 is 0 Å². The maximum absolute atomic E-state index is 10.6. The van der Waals surface area contributed by atoms with Crippen molar-refractivity contribution in [3.05, 3.63) is 27.9 Å². The smallest absolute Gasteiger partial charge is 0.289 e. The van der Waals surface area contributed by atoms with Gasteiger partial charge in [0.1, 0.15) is 23.6 Å². The third-order valence-corrected chi connectivity index (χ3v) is 2.88. The highest BCUT2D eigenvalue weighted by Gasteiger charge is 2.17. The van der Waals surface area contributed by atoms with Crippen molar-refractivity contribution in [2.24, 2.45) is 0 Å². The van der Waals surface area contributed by atoms with Crippen molar-refractivity contribution in [3.63, 3.8) is 0 Å². The lowest BCUT2D eigenvalue weighted by molar-refractivity contribution is -0.385. The SMILES string of the molecule is N#Cc1cc([N+](=O)[O-])cnc1NC1CCNCC1. The van der Waals surface area contributed by atoms with Crippen LogP contribution in [0.2, 0.25) is 0 Å². The van der Waals surface area contributed by atoms with E-state index in [1.54, 1.807) is 0 Å². The van der Waals surface area contributed by atoms with E-state index in [9.17, 15) is 10.1 Å². The molecule has 1 fully saturated rings. The molecule has 0 spiro atoms. The van der Waals surface area contributed by atoms with Crippen LogP contribution in [0.4, 0.5) is 11.5 Å². The first-order chi connectivity index (χ1) is 8.70. The zero-order chi connectivity index (χ0) is 13.0. The summed E-state index contributed by atoms with van der Waals surface area (Å²) < 4.78 is 0. The number of pyridine rings is 1. The number of hydrogen-bond donors (Lipinski definition) is 2. The molecule has 7 nitrogen and oxygen atoms in total. The van der Waals surface area contributed by atoms with Gasteiger partial charge in [-0.1, -0.05) is 0 Å². The Balaban J connectivity index is 2.17. The number of rotatable bonds is 3. The minimum absolute atomic E-state index is 0.164. The molecule has 94 valence electrons. The second kappa shape index (κ2) is 5.42. The molecular formula is C11H13N5O2. The average Bonchev–Trinajstić information content (AvgIpc) is 2.40. The Morgan fingerprint density at radius 2 is 2.28 bits per heavy atom. The van der Waals surface area contributed by atoms with Gasteiger partial charge in [0.25, 0.3) is 5.69 Å². The van der Waals surface area contributed by atoms with Crippen LogP contribution in [0.5, 0.6) is 0 Å². The Morgan fingerprint density at radius 1 is 1.56 bits per heavy atom. The molecule has 2 heterocycles. The zero-order valence-corrected chi connectivity index (χ0v) is 9.72. The molecule has 1 saturated heterocycles. The highest BCUT2D eigenvalue weighted by atomic mass is 16.6. The van der Waals surface area contributed by atoms with Gasteiger partial charge in [-0.15, -0.1) is 0 Å². The summed E-state index contributed by atoms with van der Waals surface area (Å²) in [5, 5.41) is 26.0. The van der Waals surface area contributed by atoms with E-state index in [1.165, 1.54) is 12.3 Å². The van der Waals surface area contributed by atoms with E-state index in [0.29, 0.717) is 5.82 Å². The summed E-state index contributed by atoms with van der Waals surface area (Å²) in [6.07, 6.45) is 3.07. The molecule has 1 aliphatic rings. The van der Waals surface area contributed by atoms with Gasteiger partial charge in [-0.05, 0) is 25.9 Å². The topological polar surface area (TPSA) is 104 Å². The van der Waals surface area contributed by atoms with Crippen molar-refractivity contribution in [2.75, 3.05) is 18.4 Å². The van der Waals surface area contributed by atoms with Crippen LogP contribution in [0.15, 0.2) is 12.3 Å². The molecule has 1 aliphatic heterocycles. The lowest BCUT2D eigenvalue weighted by Crippen LogP contribution is -2.35. The molecule has 1 aromatic heterocycles. The molecule has 0 atom stereocenters. The maximum atomic E-state index is 10.6. The molecule has 7 heteroatoms. The van der Waals surface area contributed by atoms with Crippen molar-refractivity contribution in [1.82, 2.24) is 10.3 Å². The van der Waals surface area contributed by atoms with Gasteiger partial charge in [0.05, 0.1) is 4.92 Å². The molecule has 18 heavy (non-hydrogen) atoms. The Hall–Kier alpha value is -2.20. The van der Waals surface area contributed by atoms with Gasteiger partial charge in [0.2, 0.25) is 0 Å². The van der Waals surface area contributed by atoms with Gasteiger partial charge in [-0.25, -0.2) is 4.98 Å². The van der Waals surface area contributed by atoms with E-state index in [4.69, 9.17) is 5.26 Å². The third kappa shape index (κ3) is 2.73. The fourth-order valence-corrected chi connectivity index (χ4v) is 1.91. The molecule has 2 N–H and O–H groups in total. The number of anilines is 1. The summed E-state index contributed by atoms with van der Waals surface area (Å²) in [6.45, 7) is 1.85. The Bertz CT molecular complexity index is 491. The highest BCUT2D eigenvalue weighted by Crippen LogP contribution is 2.20. The lowest BCUT2D eigenvalue weighted by Gasteiger charge is -2.24. The van der Waals surface area contributed by atoms with Gasteiger partial charge in [-0.2, -0.15) is 5.26 Å². The molecule has 1 aromatic rings. The van der Waals surface area contributed by atoms with Crippen molar-refractivity contribution < 1.29 is 4.92 Å². The summed E-state index contributed by atoms with van der Waals surface area (Å²) in [4.78, 5) is 14.0. The van der Waals surface area contributed by atoms with E-state index in [2.05, 4.69) is 15.6 Å². The summed E-state index contributed by atoms with van der Waals surface area (Å²) in [5.41, 5.74) is 0.0464. The quantitative estimate of drug-likeness (QED) is 0.610. The fraction of sp³-hybridized carbons (Fsp3) is 0.455. The molecule has 0 saturated carbocycles. The normalized spacial score (nSPS) is 15.9. The summed E-state index contributed by atoms with van der Waals surface area (Å²) in [6, 6.07) is 3.44. The number of nitrogens with zero attached hydrogens (tertiary/aromatic N) is 3. The molecule has 0 aromatic carbocycles. The van der Waals surface area contributed by atoms with Gasteiger partial charge >= 0.3 is 0 Å². The third-order valence-electron chi connectivity index (χ3n) is 2.88. The molecule has 2 rings (SSSR count). The van der Waals surface area contributed by atoms with Crippen LogP contribution in [-0.2, 0) is 0 Å². The fourth-order valence-electron chi connectivity index (χ4n) is 1.91. The summed E-state index contributed by atoms with van der Waals surface area (Å²) in [5.74, 6) is 0.426. The summed E-state index contributed by atoms with van der Waals surface area (Å²) >= 11 is 0. The first-order valence-corrected chi connectivity index (χ1v) is 5.72. The highest BCUT2D eigenvalue weighted by molar-refractivity contribution is 5.56. The van der Waals surface area contributed by atoms with Crippen LogP contribution in [0, 0.1) is 21.4 Å². The Morgan fingerprint density at radius 3 is 2.89 bits per heavy atom. The number of nitro groups is 1. The molecule has 0 bridgehead atoms. The molecule has 0 unspecified atom stereocenters. The Kier molecular flexibility index (Phi) is 3.69. The maximum Gasteiger partial charge on any atom is 0.289 e. The largest absolute Gasteiger partial charge is 0.366 e. The molecule has 0 radical (unpaired) electrons. The number of piperidine rings is 1. The molecule has 0 amide bonds. The van der Waals surface area contributed by atoms with Crippen LogP contribution < -0.4 is 10.6 Å². The first-order valence-electron chi connectivity index (χ1n) is 5.72. The minimum Gasteiger partial charge on any atom is -0.366 e. The minimum atomic E-state index is -0.553. The van der Waals surface area contributed by atoms with Crippen molar-refractivity contribution in [3.8, 4) is 6.07 Å². The van der Waals surface area contributed by atoms with Crippen molar-refractivity contribution in [2.45, 2.75) is 18.9 Å². The number of aromatic nitrogens is 1. The van der Waals surface area contributed by atoms with Crippen molar-refractivity contribution >= 4 is 11.5 Å². The van der Waals surface area contributed by atoms with Crippen LogP contribution in [0.25, 0.3) is 0 Å². The number of nitriles is 1. The van der Waals surface area contributed by atoms with E-state index in [1.807, 2.05) is 6.07 Å². The molecule has 0 aliphatic carbocycles. The molecular weight excluding hydrogens is 234 g/mol. The Labute approximate surface area is 104 Å². The number of nitrogens with one attached hydrogen (secondary N) is 2. The number of hydrogen-bond acceptors (Lipinski definition) is 6. The van der Waals surface area contributed by atoms with Crippen LogP contribution in [-0.4, -0.2) is 29.0 Å². The lowest BCUT2D eigenvalue weighted by atomic mass is 10.1. The van der Waals surface area contributed by atoms with Crippen molar-refractivity contribution in [1.29, 1.82) is 5.26 Å². The predicted molar refractivity (Wildman–Crippen MR) is 65.1 cm³/mol. The van der Waals surface area contributed by atoms with Crippen LogP contribution in [0.3, 0.4) is 0 Å². The zero-order valence-electron chi connectivity index (χ0n) is 9.72. The van der Waals surface area contributed by atoms with Gasteiger partial charge in [0, 0.05) is 12.1 Å². The van der Waals surface area contributed by atoms with E-state index in [-0.39, 0.29) is 17.3 Å². The van der Waals surface area contributed by atoms with Crippen LogP contribution in [0.1, 0.15) is 18.4 Å². The average molecular weight is 247 g/mol. The standard InChI is InChI=1S/C11H13N5O2/c12-6-8-5-10(16(17)18)7-14-11(8)15-9-1-3-13-4-2-9/h5,7,9,13H,1-4H2,(H,14,15). The predicted octanol–water partition coefficient (Wildman–Crippen LogP) is 1.03.